The first kappa shape index (κ1) is 13.3. The lowest BCUT2D eigenvalue weighted by Gasteiger charge is -2.19. The number of hydrogen-bond donors (Lipinski definition) is 1. The minimum atomic E-state index is 0.0801. The molecule has 0 radical (unpaired) electrons. The summed E-state index contributed by atoms with van der Waals surface area (Å²) in [6, 6.07) is 7.92. The van der Waals surface area contributed by atoms with Crippen molar-refractivity contribution in [1.82, 2.24) is 10.3 Å². The maximum Gasteiger partial charge on any atom is 0.226 e. The van der Waals surface area contributed by atoms with E-state index in [1.54, 1.807) is 6.26 Å². The van der Waals surface area contributed by atoms with Crippen LogP contribution in [0.4, 0.5) is 0 Å². The Bertz CT molecular complexity index is 511. The molecule has 96 valence electrons. The van der Waals surface area contributed by atoms with E-state index in [0.717, 1.165) is 15.7 Å². The zero-order chi connectivity index (χ0) is 13.2. The van der Waals surface area contributed by atoms with Crippen LogP contribution >= 0.6 is 15.9 Å². The van der Waals surface area contributed by atoms with Crippen LogP contribution in [0.3, 0.4) is 0 Å². The SMILES string of the molecule is CC(C)(C)NCc1coc(-c2ccc(Br)cc2)n1. The van der Waals surface area contributed by atoms with Crippen LogP contribution < -0.4 is 5.32 Å². The molecule has 0 fully saturated rings. The van der Waals surface area contributed by atoms with Crippen LogP contribution in [0.25, 0.3) is 11.5 Å². The van der Waals surface area contributed by atoms with Gasteiger partial charge in [0, 0.05) is 22.1 Å². The van der Waals surface area contributed by atoms with Crippen LogP contribution in [-0.4, -0.2) is 10.5 Å². The maximum atomic E-state index is 5.49. The van der Waals surface area contributed by atoms with Gasteiger partial charge in [-0.25, -0.2) is 4.98 Å². The van der Waals surface area contributed by atoms with Gasteiger partial charge in [-0.05, 0) is 45.0 Å². The molecule has 1 heterocycles. The Hall–Kier alpha value is -1.13. The van der Waals surface area contributed by atoms with Gasteiger partial charge in [0.15, 0.2) is 0 Å². The molecule has 2 aromatic rings. The first-order valence-corrected chi connectivity index (χ1v) is 6.69. The molecule has 3 nitrogen and oxygen atoms in total. The second-order valence-electron chi connectivity index (χ2n) is 5.25. The fourth-order valence-corrected chi connectivity index (χ4v) is 1.73. The Balaban J connectivity index is 2.08. The molecule has 1 aromatic carbocycles. The molecule has 0 saturated carbocycles. The molecule has 4 heteroatoms. The molecule has 0 unspecified atom stereocenters. The highest BCUT2D eigenvalue weighted by Gasteiger charge is 2.11. The van der Waals surface area contributed by atoms with Crippen LogP contribution in [-0.2, 0) is 6.54 Å². The Kier molecular flexibility index (Phi) is 3.88. The van der Waals surface area contributed by atoms with E-state index in [4.69, 9.17) is 4.42 Å². The van der Waals surface area contributed by atoms with Crippen molar-refractivity contribution in [3.63, 3.8) is 0 Å². The van der Waals surface area contributed by atoms with E-state index in [0.29, 0.717) is 12.4 Å². The molecule has 18 heavy (non-hydrogen) atoms. The lowest BCUT2D eigenvalue weighted by molar-refractivity contribution is 0.421. The molecule has 0 saturated heterocycles. The lowest BCUT2D eigenvalue weighted by atomic mass is 10.1. The number of oxazole rings is 1. The largest absolute Gasteiger partial charge is 0.444 e. The highest BCUT2D eigenvalue weighted by molar-refractivity contribution is 9.10. The fourth-order valence-electron chi connectivity index (χ4n) is 1.47. The summed E-state index contributed by atoms with van der Waals surface area (Å²) in [6.45, 7) is 7.09. The number of nitrogens with zero attached hydrogens (tertiary/aromatic N) is 1. The quantitative estimate of drug-likeness (QED) is 0.931. The number of aromatic nitrogens is 1. The smallest absolute Gasteiger partial charge is 0.226 e. The van der Waals surface area contributed by atoms with Gasteiger partial charge in [-0.1, -0.05) is 15.9 Å². The average molecular weight is 309 g/mol. The van der Waals surface area contributed by atoms with Gasteiger partial charge in [-0.2, -0.15) is 0 Å². The summed E-state index contributed by atoms with van der Waals surface area (Å²) in [6.07, 6.45) is 1.70. The predicted octanol–water partition coefficient (Wildman–Crippen LogP) is 3.99. The summed E-state index contributed by atoms with van der Waals surface area (Å²) in [5, 5.41) is 3.38. The second kappa shape index (κ2) is 5.24. The number of benzene rings is 1. The van der Waals surface area contributed by atoms with Gasteiger partial charge in [-0.3, -0.25) is 0 Å². The highest BCUT2D eigenvalue weighted by Crippen LogP contribution is 2.21. The summed E-state index contributed by atoms with van der Waals surface area (Å²) in [5.74, 6) is 0.660. The summed E-state index contributed by atoms with van der Waals surface area (Å²) >= 11 is 3.41. The van der Waals surface area contributed by atoms with Crippen LogP contribution in [0.2, 0.25) is 0 Å². The lowest BCUT2D eigenvalue weighted by Crippen LogP contribution is -2.35. The van der Waals surface area contributed by atoms with Crippen molar-refractivity contribution in [2.24, 2.45) is 0 Å². The highest BCUT2D eigenvalue weighted by atomic mass is 79.9. The van der Waals surface area contributed by atoms with Crippen LogP contribution in [0.15, 0.2) is 39.4 Å². The average Bonchev–Trinajstić information content (AvgIpc) is 2.75. The first-order chi connectivity index (χ1) is 8.44. The minimum Gasteiger partial charge on any atom is -0.444 e. The van der Waals surface area contributed by atoms with Crippen LogP contribution in [0, 0.1) is 0 Å². The van der Waals surface area contributed by atoms with E-state index in [-0.39, 0.29) is 5.54 Å². The molecular weight excluding hydrogens is 292 g/mol. The van der Waals surface area contributed by atoms with Gasteiger partial charge in [0.2, 0.25) is 5.89 Å². The standard InChI is InChI=1S/C14H17BrN2O/c1-14(2,3)16-8-12-9-18-13(17-12)10-4-6-11(15)7-5-10/h4-7,9,16H,8H2,1-3H3. The Morgan fingerprint density at radius 1 is 1.22 bits per heavy atom. The van der Waals surface area contributed by atoms with E-state index in [9.17, 15) is 0 Å². The number of halogens is 1. The molecule has 1 N–H and O–H groups in total. The van der Waals surface area contributed by atoms with Gasteiger partial charge in [-0.15, -0.1) is 0 Å². The summed E-state index contributed by atoms with van der Waals surface area (Å²) in [4.78, 5) is 4.47. The van der Waals surface area contributed by atoms with Crippen molar-refractivity contribution in [2.45, 2.75) is 32.9 Å². The number of nitrogens with one attached hydrogen (secondary N) is 1. The van der Waals surface area contributed by atoms with Gasteiger partial charge >= 0.3 is 0 Å². The molecule has 1 aromatic heterocycles. The van der Waals surface area contributed by atoms with E-state index < -0.39 is 0 Å². The molecule has 0 amide bonds. The zero-order valence-corrected chi connectivity index (χ0v) is 12.4. The normalized spacial score (nSPS) is 11.8. The van der Waals surface area contributed by atoms with Crippen molar-refractivity contribution in [2.75, 3.05) is 0 Å². The topological polar surface area (TPSA) is 38.1 Å². The van der Waals surface area contributed by atoms with Crippen molar-refractivity contribution in [3.05, 3.63) is 40.7 Å². The fraction of sp³-hybridized carbons (Fsp3) is 0.357. The molecule has 0 spiro atoms. The third-order valence-corrected chi connectivity index (χ3v) is 2.97. The first-order valence-electron chi connectivity index (χ1n) is 5.89. The van der Waals surface area contributed by atoms with Gasteiger partial charge in [0.1, 0.15) is 6.26 Å². The van der Waals surface area contributed by atoms with Crippen molar-refractivity contribution >= 4 is 15.9 Å². The number of hydrogen-bond acceptors (Lipinski definition) is 3. The Labute approximate surface area is 116 Å². The zero-order valence-electron chi connectivity index (χ0n) is 10.8. The van der Waals surface area contributed by atoms with E-state index in [1.165, 1.54) is 0 Å². The third kappa shape index (κ3) is 3.68. The second-order valence-corrected chi connectivity index (χ2v) is 6.17. The van der Waals surface area contributed by atoms with Crippen molar-refractivity contribution < 1.29 is 4.42 Å². The summed E-state index contributed by atoms with van der Waals surface area (Å²) in [7, 11) is 0. The van der Waals surface area contributed by atoms with E-state index >= 15 is 0 Å². The van der Waals surface area contributed by atoms with Gasteiger partial charge in [0.25, 0.3) is 0 Å². The molecule has 0 aliphatic carbocycles. The van der Waals surface area contributed by atoms with Crippen molar-refractivity contribution in [3.8, 4) is 11.5 Å². The Morgan fingerprint density at radius 3 is 2.50 bits per heavy atom. The monoisotopic (exact) mass is 308 g/mol. The predicted molar refractivity (Wildman–Crippen MR) is 76.2 cm³/mol. The molecule has 0 aliphatic heterocycles. The van der Waals surface area contributed by atoms with Crippen molar-refractivity contribution in [1.29, 1.82) is 0 Å². The number of rotatable bonds is 3. The van der Waals surface area contributed by atoms with Gasteiger partial charge < -0.3 is 9.73 Å². The minimum absolute atomic E-state index is 0.0801. The Morgan fingerprint density at radius 2 is 1.89 bits per heavy atom. The molecule has 0 aliphatic rings. The van der Waals surface area contributed by atoms with E-state index in [1.807, 2.05) is 24.3 Å². The molecule has 0 atom stereocenters. The third-order valence-electron chi connectivity index (χ3n) is 2.44. The molecular formula is C14H17BrN2O. The maximum absolute atomic E-state index is 5.49. The van der Waals surface area contributed by atoms with Crippen LogP contribution in [0.1, 0.15) is 26.5 Å². The molecule has 2 rings (SSSR count). The summed E-state index contributed by atoms with van der Waals surface area (Å²) in [5.41, 5.74) is 1.99. The van der Waals surface area contributed by atoms with E-state index in [2.05, 4.69) is 47.0 Å². The van der Waals surface area contributed by atoms with Crippen LogP contribution in [0.5, 0.6) is 0 Å². The van der Waals surface area contributed by atoms with Gasteiger partial charge in [0.05, 0.1) is 5.69 Å². The molecule has 0 bridgehead atoms. The summed E-state index contributed by atoms with van der Waals surface area (Å²) < 4.78 is 6.54.